The van der Waals surface area contributed by atoms with Crippen LogP contribution >= 0.6 is 0 Å². The molecule has 0 N–H and O–H groups in total. The lowest BCUT2D eigenvalue weighted by Crippen LogP contribution is -2.57. The smallest absolute Gasteiger partial charge is 0.0429 e. The summed E-state index contributed by atoms with van der Waals surface area (Å²) in [6.07, 6.45) is 2.05. The Bertz CT molecular complexity index is 409. The van der Waals surface area contributed by atoms with Crippen LogP contribution in [-0.2, 0) is 6.54 Å². The topological polar surface area (TPSA) is 19.4 Å². The SMILES string of the molecule is CC(C)c1ccc(CN2CCN(C)CC2(C)C)cn1. The standard InChI is InChI=1S/C16H27N3/c1-13(2)15-7-6-14(10-17-15)11-19-9-8-18(5)12-16(19,3)4/h6-7,10,13H,8-9,11-12H2,1-5H3. The molecule has 0 radical (unpaired) electrons. The summed E-state index contributed by atoms with van der Waals surface area (Å²) < 4.78 is 0. The van der Waals surface area contributed by atoms with Gasteiger partial charge in [0, 0.05) is 43.6 Å². The van der Waals surface area contributed by atoms with Crippen molar-refractivity contribution in [2.75, 3.05) is 26.7 Å². The summed E-state index contributed by atoms with van der Waals surface area (Å²) in [6, 6.07) is 4.40. The molecular weight excluding hydrogens is 234 g/mol. The molecule has 1 aliphatic heterocycles. The van der Waals surface area contributed by atoms with Gasteiger partial charge in [0.25, 0.3) is 0 Å². The Hall–Kier alpha value is -0.930. The molecule has 0 unspecified atom stereocenters. The highest BCUT2D eigenvalue weighted by Gasteiger charge is 2.31. The fraction of sp³-hybridized carbons (Fsp3) is 0.688. The number of rotatable bonds is 3. The average Bonchev–Trinajstić information content (AvgIpc) is 2.33. The van der Waals surface area contributed by atoms with Crippen LogP contribution in [0, 0.1) is 0 Å². The Morgan fingerprint density at radius 1 is 1.26 bits per heavy atom. The predicted molar refractivity (Wildman–Crippen MR) is 80.3 cm³/mol. The Labute approximate surface area is 117 Å². The summed E-state index contributed by atoms with van der Waals surface area (Å²) in [4.78, 5) is 9.55. The van der Waals surface area contributed by atoms with Crippen molar-refractivity contribution < 1.29 is 0 Å². The van der Waals surface area contributed by atoms with E-state index in [2.05, 4.69) is 61.7 Å². The molecule has 0 aromatic carbocycles. The number of hydrogen-bond acceptors (Lipinski definition) is 3. The highest BCUT2D eigenvalue weighted by atomic mass is 15.3. The van der Waals surface area contributed by atoms with Crippen LogP contribution < -0.4 is 0 Å². The van der Waals surface area contributed by atoms with Gasteiger partial charge in [-0.3, -0.25) is 9.88 Å². The van der Waals surface area contributed by atoms with Gasteiger partial charge in [-0.05, 0) is 38.4 Å². The second-order valence-corrected chi connectivity index (χ2v) is 6.72. The van der Waals surface area contributed by atoms with Crippen LogP contribution in [0.3, 0.4) is 0 Å². The van der Waals surface area contributed by atoms with E-state index in [0.717, 1.165) is 26.2 Å². The summed E-state index contributed by atoms with van der Waals surface area (Å²) >= 11 is 0. The van der Waals surface area contributed by atoms with Crippen molar-refractivity contribution in [1.82, 2.24) is 14.8 Å². The summed E-state index contributed by atoms with van der Waals surface area (Å²) in [5.74, 6) is 0.508. The molecule has 106 valence electrons. The second-order valence-electron chi connectivity index (χ2n) is 6.72. The minimum Gasteiger partial charge on any atom is -0.303 e. The molecule has 2 rings (SSSR count). The summed E-state index contributed by atoms with van der Waals surface area (Å²) in [5.41, 5.74) is 2.74. The van der Waals surface area contributed by atoms with E-state index in [-0.39, 0.29) is 5.54 Å². The number of hydrogen-bond donors (Lipinski definition) is 0. The summed E-state index contributed by atoms with van der Waals surface area (Å²) in [7, 11) is 2.21. The number of likely N-dealkylation sites (N-methyl/N-ethyl adjacent to an activating group) is 1. The first kappa shape index (κ1) is 14.5. The summed E-state index contributed by atoms with van der Waals surface area (Å²) in [6.45, 7) is 13.5. The molecular formula is C16H27N3. The minimum absolute atomic E-state index is 0.240. The molecule has 1 saturated heterocycles. The van der Waals surface area contributed by atoms with E-state index in [0.29, 0.717) is 5.92 Å². The van der Waals surface area contributed by atoms with Gasteiger partial charge in [-0.15, -0.1) is 0 Å². The Kier molecular flexibility index (Phi) is 4.26. The minimum atomic E-state index is 0.240. The van der Waals surface area contributed by atoms with Gasteiger partial charge in [0.2, 0.25) is 0 Å². The van der Waals surface area contributed by atoms with Gasteiger partial charge in [0.15, 0.2) is 0 Å². The van der Waals surface area contributed by atoms with E-state index in [9.17, 15) is 0 Å². The lowest BCUT2D eigenvalue weighted by molar-refractivity contribution is 0.0253. The quantitative estimate of drug-likeness (QED) is 0.834. The van der Waals surface area contributed by atoms with E-state index in [1.54, 1.807) is 0 Å². The highest BCUT2D eigenvalue weighted by Crippen LogP contribution is 2.22. The van der Waals surface area contributed by atoms with E-state index in [1.807, 2.05) is 6.20 Å². The Morgan fingerprint density at radius 3 is 2.53 bits per heavy atom. The molecule has 1 aromatic heterocycles. The molecule has 19 heavy (non-hydrogen) atoms. The van der Waals surface area contributed by atoms with E-state index < -0.39 is 0 Å². The Morgan fingerprint density at radius 2 is 2.00 bits per heavy atom. The van der Waals surface area contributed by atoms with Gasteiger partial charge in [-0.2, -0.15) is 0 Å². The van der Waals surface area contributed by atoms with Gasteiger partial charge in [0.1, 0.15) is 0 Å². The van der Waals surface area contributed by atoms with Gasteiger partial charge in [0.05, 0.1) is 0 Å². The number of aromatic nitrogens is 1. The number of nitrogens with zero attached hydrogens (tertiary/aromatic N) is 3. The zero-order chi connectivity index (χ0) is 14.0. The van der Waals surface area contributed by atoms with E-state index in [1.165, 1.54) is 11.3 Å². The molecule has 3 nitrogen and oxygen atoms in total. The largest absolute Gasteiger partial charge is 0.303 e. The molecule has 0 bridgehead atoms. The molecule has 2 heterocycles. The van der Waals surface area contributed by atoms with Crippen molar-refractivity contribution in [3.05, 3.63) is 29.6 Å². The molecule has 0 saturated carbocycles. The molecule has 0 spiro atoms. The second kappa shape index (κ2) is 5.59. The van der Waals surface area contributed by atoms with Crippen molar-refractivity contribution in [3.8, 4) is 0 Å². The zero-order valence-corrected chi connectivity index (χ0v) is 13.0. The lowest BCUT2D eigenvalue weighted by atomic mass is 9.98. The zero-order valence-electron chi connectivity index (χ0n) is 13.0. The fourth-order valence-electron chi connectivity index (χ4n) is 2.82. The van der Waals surface area contributed by atoms with Gasteiger partial charge < -0.3 is 4.90 Å². The van der Waals surface area contributed by atoms with Gasteiger partial charge >= 0.3 is 0 Å². The van der Waals surface area contributed by atoms with Gasteiger partial charge in [-0.1, -0.05) is 19.9 Å². The van der Waals surface area contributed by atoms with E-state index in [4.69, 9.17) is 0 Å². The van der Waals surface area contributed by atoms with Gasteiger partial charge in [-0.25, -0.2) is 0 Å². The molecule has 0 aliphatic carbocycles. The van der Waals surface area contributed by atoms with Crippen molar-refractivity contribution in [3.63, 3.8) is 0 Å². The fourth-order valence-corrected chi connectivity index (χ4v) is 2.82. The first-order chi connectivity index (χ1) is 8.88. The maximum absolute atomic E-state index is 4.57. The van der Waals surface area contributed by atoms with Crippen LogP contribution in [0.4, 0.5) is 0 Å². The normalized spacial score (nSPS) is 20.9. The molecule has 3 heteroatoms. The predicted octanol–water partition coefficient (Wildman–Crippen LogP) is 2.73. The first-order valence-electron chi connectivity index (χ1n) is 7.27. The average molecular weight is 261 g/mol. The monoisotopic (exact) mass is 261 g/mol. The highest BCUT2D eigenvalue weighted by molar-refractivity contribution is 5.16. The van der Waals surface area contributed by atoms with Crippen molar-refractivity contribution in [1.29, 1.82) is 0 Å². The maximum atomic E-state index is 4.57. The maximum Gasteiger partial charge on any atom is 0.0429 e. The molecule has 1 fully saturated rings. The van der Waals surface area contributed by atoms with Crippen LogP contribution in [0.25, 0.3) is 0 Å². The molecule has 0 amide bonds. The van der Waals surface area contributed by atoms with Crippen molar-refractivity contribution in [2.45, 2.75) is 45.7 Å². The van der Waals surface area contributed by atoms with Crippen molar-refractivity contribution >= 4 is 0 Å². The Balaban J connectivity index is 2.04. The van der Waals surface area contributed by atoms with Crippen LogP contribution in [-0.4, -0.2) is 47.0 Å². The summed E-state index contributed by atoms with van der Waals surface area (Å²) in [5, 5.41) is 0. The third-order valence-corrected chi connectivity index (χ3v) is 4.08. The lowest BCUT2D eigenvalue weighted by Gasteiger charge is -2.46. The number of piperazine rings is 1. The van der Waals surface area contributed by atoms with Crippen LogP contribution in [0.5, 0.6) is 0 Å². The van der Waals surface area contributed by atoms with Crippen molar-refractivity contribution in [2.24, 2.45) is 0 Å². The first-order valence-corrected chi connectivity index (χ1v) is 7.27. The molecule has 0 atom stereocenters. The van der Waals surface area contributed by atoms with E-state index >= 15 is 0 Å². The third-order valence-electron chi connectivity index (χ3n) is 4.08. The molecule has 1 aliphatic rings. The van der Waals surface area contributed by atoms with Crippen LogP contribution in [0.15, 0.2) is 18.3 Å². The van der Waals surface area contributed by atoms with Crippen LogP contribution in [0.1, 0.15) is 44.9 Å². The molecule has 1 aromatic rings. The van der Waals surface area contributed by atoms with Crippen LogP contribution in [0.2, 0.25) is 0 Å². The third kappa shape index (κ3) is 3.54. The number of pyridine rings is 1.